The second-order valence-corrected chi connectivity index (χ2v) is 4.47. The number of alkyl halides is 3. The van der Waals surface area contributed by atoms with Crippen molar-refractivity contribution < 1.29 is 17.9 Å². The number of ether oxygens (including phenoxy) is 1. The zero-order valence-electron chi connectivity index (χ0n) is 11.6. The highest BCUT2D eigenvalue weighted by Gasteiger charge is 2.30. The minimum atomic E-state index is -4.33. The van der Waals surface area contributed by atoms with E-state index in [0.29, 0.717) is 18.8 Å². The summed E-state index contributed by atoms with van der Waals surface area (Å²) in [5, 5.41) is 2.99. The van der Waals surface area contributed by atoms with Gasteiger partial charge in [0, 0.05) is 17.8 Å². The number of benzene rings is 2. The zero-order valence-corrected chi connectivity index (χ0v) is 11.6. The summed E-state index contributed by atoms with van der Waals surface area (Å²) in [5.74, 6) is 0.736. The van der Waals surface area contributed by atoms with Crippen molar-refractivity contribution in [3.05, 3.63) is 59.7 Å². The van der Waals surface area contributed by atoms with Crippen molar-refractivity contribution in [2.75, 3.05) is 11.9 Å². The molecule has 0 unspecified atom stereocenters. The number of halogens is 3. The number of anilines is 1. The lowest BCUT2D eigenvalue weighted by Crippen LogP contribution is -2.07. The molecule has 0 saturated carbocycles. The van der Waals surface area contributed by atoms with Gasteiger partial charge in [-0.25, -0.2) is 0 Å². The molecule has 0 aliphatic carbocycles. The van der Waals surface area contributed by atoms with Crippen LogP contribution >= 0.6 is 0 Å². The fourth-order valence-corrected chi connectivity index (χ4v) is 1.95. The lowest BCUT2D eigenvalue weighted by atomic mass is 10.1. The van der Waals surface area contributed by atoms with Crippen molar-refractivity contribution >= 4 is 5.69 Å². The van der Waals surface area contributed by atoms with Crippen LogP contribution < -0.4 is 10.1 Å². The van der Waals surface area contributed by atoms with Gasteiger partial charge in [0.15, 0.2) is 0 Å². The third-order valence-electron chi connectivity index (χ3n) is 2.95. The van der Waals surface area contributed by atoms with Crippen molar-refractivity contribution in [3.63, 3.8) is 0 Å². The molecule has 0 amide bonds. The van der Waals surface area contributed by atoms with Crippen molar-refractivity contribution in [1.82, 2.24) is 0 Å². The zero-order chi connectivity index (χ0) is 15.3. The third kappa shape index (κ3) is 4.15. The summed E-state index contributed by atoms with van der Waals surface area (Å²) in [6.07, 6.45) is -4.33. The molecule has 5 heteroatoms. The molecule has 0 spiro atoms. The molecule has 0 atom stereocenters. The van der Waals surface area contributed by atoms with Crippen molar-refractivity contribution in [1.29, 1.82) is 0 Å². The second kappa shape index (κ2) is 6.52. The van der Waals surface area contributed by atoms with Crippen molar-refractivity contribution in [2.45, 2.75) is 19.6 Å². The van der Waals surface area contributed by atoms with Gasteiger partial charge in [0.1, 0.15) is 5.75 Å². The van der Waals surface area contributed by atoms with E-state index in [1.54, 1.807) is 6.07 Å². The molecule has 0 radical (unpaired) electrons. The lowest BCUT2D eigenvalue weighted by molar-refractivity contribution is -0.137. The number of hydrogen-bond acceptors (Lipinski definition) is 2. The average Bonchev–Trinajstić information content (AvgIpc) is 2.46. The van der Waals surface area contributed by atoms with E-state index >= 15 is 0 Å². The van der Waals surface area contributed by atoms with Crippen LogP contribution in [0.5, 0.6) is 5.75 Å². The van der Waals surface area contributed by atoms with Crippen LogP contribution in [0.1, 0.15) is 18.1 Å². The molecule has 2 rings (SSSR count). The van der Waals surface area contributed by atoms with E-state index in [0.717, 1.165) is 23.4 Å². The van der Waals surface area contributed by atoms with E-state index in [1.807, 2.05) is 31.2 Å². The Bertz CT molecular complexity index is 596. The number of para-hydroxylation sites is 1. The van der Waals surface area contributed by atoms with Gasteiger partial charge in [-0.1, -0.05) is 24.3 Å². The van der Waals surface area contributed by atoms with Crippen LogP contribution in [0, 0.1) is 0 Å². The Morgan fingerprint density at radius 1 is 1.05 bits per heavy atom. The maximum absolute atomic E-state index is 12.6. The van der Waals surface area contributed by atoms with E-state index in [9.17, 15) is 13.2 Å². The fourth-order valence-electron chi connectivity index (χ4n) is 1.95. The van der Waals surface area contributed by atoms with Crippen molar-refractivity contribution in [2.24, 2.45) is 0 Å². The number of rotatable bonds is 5. The molecule has 0 saturated heterocycles. The first kappa shape index (κ1) is 15.2. The van der Waals surface area contributed by atoms with Crippen molar-refractivity contribution in [3.8, 4) is 5.75 Å². The SMILES string of the molecule is CCOc1ccccc1CNc1cccc(C(F)(F)F)c1. The fraction of sp³-hybridized carbons (Fsp3) is 0.250. The van der Waals surface area contributed by atoms with Gasteiger partial charge >= 0.3 is 6.18 Å². The topological polar surface area (TPSA) is 21.3 Å². The van der Waals surface area contributed by atoms with Gasteiger partial charge in [0.2, 0.25) is 0 Å². The summed E-state index contributed by atoms with van der Waals surface area (Å²) in [4.78, 5) is 0. The highest BCUT2D eigenvalue weighted by Crippen LogP contribution is 2.31. The monoisotopic (exact) mass is 295 g/mol. The number of hydrogen-bond donors (Lipinski definition) is 1. The maximum Gasteiger partial charge on any atom is 0.416 e. The van der Waals surface area contributed by atoms with E-state index in [2.05, 4.69) is 5.32 Å². The smallest absolute Gasteiger partial charge is 0.416 e. The molecule has 0 bridgehead atoms. The van der Waals surface area contributed by atoms with Gasteiger partial charge in [-0.15, -0.1) is 0 Å². The minimum Gasteiger partial charge on any atom is -0.494 e. The molecule has 0 aromatic heterocycles. The predicted octanol–water partition coefficient (Wildman–Crippen LogP) is 4.72. The summed E-state index contributed by atoms with van der Waals surface area (Å²) < 4.78 is 43.4. The summed E-state index contributed by atoms with van der Waals surface area (Å²) in [5.41, 5.74) is 0.665. The molecule has 2 aromatic carbocycles. The summed E-state index contributed by atoms with van der Waals surface area (Å²) in [6.45, 7) is 2.83. The van der Waals surface area contributed by atoms with Crippen LogP contribution in [0.3, 0.4) is 0 Å². The Hall–Kier alpha value is -2.17. The highest BCUT2D eigenvalue weighted by atomic mass is 19.4. The van der Waals surface area contributed by atoms with Crippen LogP contribution in [0.4, 0.5) is 18.9 Å². The van der Waals surface area contributed by atoms with Crippen LogP contribution in [-0.2, 0) is 12.7 Å². The van der Waals surface area contributed by atoms with Crippen LogP contribution in [0.25, 0.3) is 0 Å². The first-order valence-corrected chi connectivity index (χ1v) is 6.62. The molecule has 0 fully saturated rings. The highest BCUT2D eigenvalue weighted by molar-refractivity contribution is 5.48. The second-order valence-electron chi connectivity index (χ2n) is 4.47. The molecule has 112 valence electrons. The Balaban J connectivity index is 2.10. The quantitative estimate of drug-likeness (QED) is 0.862. The Morgan fingerprint density at radius 2 is 1.81 bits per heavy atom. The molecular weight excluding hydrogens is 279 g/mol. The van der Waals surface area contributed by atoms with Gasteiger partial charge in [0.25, 0.3) is 0 Å². The minimum absolute atomic E-state index is 0.400. The van der Waals surface area contributed by atoms with Gasteiger partial charge in [0.05, 0.1) is 12.2 Å². The molecule has 2 aromatic rings. The van der Waals surface area contributed by atoms with Gasteiger partial charge < -0.3 is 10.1 Å². The first-order valence-electron chi connectivity index (χ1n) is 6.62. The first-order chi connectivity index (χ1) is 10.0. The average molecular weight is 295 g/mol. The Labute approximate surface area is 121 Å². The van der Waals surface area contributed by atoms with E-state index in [4.69, 9.17) is 4.74 Å². The number of nitrogens with one attached hydrogen (secondary N) is 1. The largest absolute Gasteiger partial charge is 0.494 e. The Kier molecular flexibility index (Phi) is 4.73. The summed E-state index contributed by atoms with van der Waals surface area (Å²) in [6, 6.07) is 12.6. The summed E-state index contributed by atoms with van der Waals surface area (Å²) >= 11 is 0. The van der Waals surface area contributed by atoms with Crippen LogP contribution in [0.2, 0.25) is 0 Å². The molecule has 0 aliphatic rings. The van der Waals surface area contributed by atoms with E-state index < -0.39 is 11.7 Å². The Morgan fingerprint density at radius 3 is 2.52 bits per heavy atom. The molecule has 0 heterocycles. The molecule has 2 nitrogen and oxygen atoms in total. The normalized spacial score (nSPS) is 11.2. The molecule has 21 heavy (non-hydrogen) atoms. The standard InChI is InChI=1S/C16H16F3NO/c1-2-21-15-9-4-3-6-12(15)11-20-14-8-5-7-13(10-14)16(17,18)19/h3-10,20H,2,11H2,1H3. The molecule has 0 aliphatic heterocycles. The van der Waals surface area contributed by atoms with E-state index in [1.165, 1.54) is 6.07 Å². The van der Waals surface area contributed by atoms with Crippen LogP contribution in [0.15, 0.2) is 48.5 Å². The molecular formula is C16H16F3NO. The summed E-state index contributed by atoms with van der Waals surface area (Å²) in [7, 11) is 0. The predicted molar refractivity (Wildman–Crippen MR) is 76.4 cm³/mol. The van der Waals surface area contributed by atoms with E-state index in [-0.39, 0.29) is 0 Å². The van der Waals surface area contributed by atoms with Gasteiger partial charge in [-0.05, 0) is 31.2 Å². The van der Waals surface area contributed by atoms with Crippen LogP contribution in [-0.4, -0.2) is 6.61 Å². The molecule has 1 N–H and O–H groups in total. The maximum atomic E-state index is 12.6. The van der Waals surface area contributed by atoms with Gasteiger partial charge in [-0.2, -0.15) is 13.2 Å². The lowest BCUT2D eigenvalue weighted by Gasteiger charge is -2.13. The third-order valence-corrected chi connectivity index (χ3v) is 2.95. The van der Waals surface area contributed by atoms with Gasteiger partial charge in [-0.3, -0.25) is 0 Å².